The predicted molar refractivity (Wildman–Crippen MR) is 125 cm³/mol. The summed E-state index contributed by atoms with van der Waals surface area (Å²) in [4.78, 5) is 0. The predicted octanol–water partition coefficient (Wildman–Crippen LogP) is 1.24. The van der Waals surface area contributed by atoms with Crippen LogP contribution in [0.15, 0.2) is 0 Å². The van der Waals surface area contributed by atoms with Crippen LogP contribution in [0.1, 0.15) is 0 Å². The van der Waals surface area contributed by atoms with Crippen molar-refractivity contribution in [2.45, 2.75) is 0 Å². The molecule has 0 bridgehead atoms. The average molecular weight is 884 g/mol. The van der Waals surface area contributed by atoms with Crippen molar-refractivity contribution in [1.82, 2.24) is 0 Å². The number of hydrogen-bond donors (Lipinski definition) is 0. The molecule has 3 fully saturated rings. The summed E-state index contributed by atoms with van der Waals surface area (Å²) in [6.07, 6.45) is 0. The molecule has 0 aliphatic carbocycles. The molecule has 0 aromatic carbocycles. The molecule has 3 rings (SSSR count). The van der Waals surface area contributed by atoms with Gasteiger partial charge in [0.05, 0.1) is 79.3 Å². The zero-order chi connectivity index (χ0) is 36.7. The third-order valence-electron chi connectivity index (χ3n) is 2.23. The van der Waals surface area contributed by atoms with Crippen LogP contribution >= 0.6 is 0 Å². The fourth-order valence-electron chi connectivity index (χ4n) is 1.32. The summed E-state index contributed by atoms with van der Waals surface area (Å²) in [5, 5.41) is 75.0. The van der Waals surface area contributed by atoms with E-state index in [0.717, 1.165) is 79.3 Å². The molecule has 0 aromatic rings. The van der Waals surface area contributed by atoms with Crippen molar-refractivity contribution < 1.29 is 121 Å². The fourth-order valence-corrected chi connectivity index (χ4v) is 1.32. The van der Waals surface area contributed by atoms with Gasteiger partial charge in [0.2, 0.25) is 0 Å². The van der Waals surface area contributed by atoms with Crippen LogP contribution in [0.25, 0.3) is 0 Å². The van der Waals surface area contributed by atoms with Crippen molar-refractivity contribution in [3.05, 3.63) is 78.9 Å². The summed E-state index contributed by atoms with van der Waals surface area (Å²) in [5.41, 5.74) is 0. The van der Waals surface area contributed by atoms with Crippen LogP contribution in [0.5, 0.6) is 0 Å². The first kappa shape index (κ1) is 112. The summed E-state index contributed by atoms with van der Waals surface area (Å²) >= 11 is 0. The summed E-state index contributed by atoms with van der Waals surface area (Å²) in [6.45, 7) is 66.3. The molecular weight excluding hydrogens is 860 g/mol. The number of hydrogen-bond acceptors (Lipinski definition) is 18. The summed E-state index contributed by atoms with van der Waals surface area (Å²) in [6, 6.07) is 0. The van der Waals surface area contributed by atoms with Crippen molar-refractivity contribution >= 4 is 0 Å². The van der Waals surface area contributed by atoms with Gasteiger partial charge in [-0.3, -0.25) is 0 Å². The van der Waals surface area contributed by atoms with E-state index in [1.54, 1.807) is 0 Å². The van der Waals surface area contributed by atoms with Gasteiger partial charge in [0.25, 0.3) is 0 Å². The van der Waals surface area contributed by atoms with Gasteiger partial charge in [-0.05, 0) is 0 Å². The molecule has 3 heterocycles. The van der Waals surface area contributed by atoms with Crippen molar-refractivity contribution in [3.8, 4) is 0 Å². The Balaban J connectivity index is -0.0000000141. The minimum absolute atomic E-state index is 0. The summed E-state index contributed by atoms with van der Waals surface area (Å²) < 4.78 is 29.7. The molecule has 0 unspecified atom stereocenters. The Labute approximate surface area is 339 Å². The minimum atomic E-state index is 0. The average Bonchev–Trinajstić information content (AvgIpc) is 3.20. The molecule has 23 heteroatoms. The van der Waals surface area contributed by atoms with E-state index in [9.17, 15) is 0 Å². The topological polar surface area (TPSA) is 341 Å². The van der Waals surface area contributed by atoms with Crippen LogP contribution in [-0.2, 0) is 121 Å². The molecule has 0 spiro atoms. The maximum absolute atomic E-state index is 6.25. The van der Waals surface area contributed by atoms with Crippen LogP contribution in [0.2, 0.25) is 0 Å². The van der Waals surface area contributed by atoms with Gasteiger partial charge in [0.1, 0.15) is 0 Å². The van der Waals surface area contributed by atoms with E-state index in [1.165, 1.54) is 0 Å². The standard InChI is InChI=1S/3C4H8O2.12CN.2Fe.3Zn/c3*1-2-6-4-3-5-1;12*1-2;;;;;/h3*1-4H2;;;;;;;;;;;;;;;;;/q;;;12*-1;2*+3;3*+2. The largest absolute Gasteiger partial charge is 3.00 e. The van der Waals surface area contributed by atoms with Crippen molar-refractivity contribution in [2.75, 3.05) is 79.3 Å². The first-order chi connectivity index (χ1) is 21.0. The van der Waals surface area contributed by atoms with Gasteiger partial charge in [0.15, 0.2) is 0 Å². The van der Waals surface area contributed by atoms with E-state index in [-0.39, 0.29) is 92.6 Å². The van der Waals surface area contributed by atoms with E-state index in [2.05, 4.69) is 0 Å². The normalized spacial score (nSPS) is 9.70. The SMILES string of the molecule is C1COCCO1.C1COCCO1.C1COCCO1.[C-]#N.[C-]#N.[C-]#N.[C-]#N.[C-]#N.[C-]#N.[C-]#N.[C-]#N.[C-]#N.[C-]#N.[C-]#N.[C-]#N.[Fe+3].[Fe+3].[Zn+2].[Zn+2].[Zn+2]. The van der Waals surface area contributed by atoms with Crippen molar-refractivity contribution in [3.63, 3.8) is 0 Å². The Bertz CT molecular complexity index is 446. The second-order valence-electron chi connectivity index (χ2n) is 3.67. The van der Waals surface area contributed by atoms with E-state index in [4.69, 9.17) is 170 Å². The molecule has 3 aliphatic rings. The smallest absolute Gasteiger partial charge is 0.512 e. The molecule has 0 atom stereocenters. The monoisotopic (exact) mass is 880 g/mol. The van der Waals surface area contributed by atoms with E-state index in [1.807, 2.05) is 0 Å². The summed E-state index contributed by atoms with van der Waals surface area (Å²) in [5.74, 6) is 0. The molecule has 238 valence electrons. The zero-order valence-electron chi connectivity index (χ0n) is 25.1. The van der Waals surface area contributed by atoms with Crippen LogP contribution < -0.4 is 0 Å². The van der Waals surface area contributed by atoms with Gasteiger partial charge in [-0.2, -0.15) is 0 Å². The van der Waals surface area contributed by atoms with E-state index < -0.39 is 0 Å². The number of rotatable bonds is 0. The van der Waals surface area contributed by atoms with E-state index >= 15 is 0 Å². The molecule has 0 aromatic heterocycles. The quantitative estimate of drug-likeness (QED) is 0.244. The molecule has 18 nitrogen and oxygen atoms in total. The summed E-state index contributed by atoms with van der Waals surface area (Å²) in [7, 11) is 0. The molecule has 0 amide bonds. The fraction of sp³-hybridized carbons (Fsp3) is 0.500. The van der Waals surface area contributed by atoms with E-state index in [0.29, 0.717) is 0 Å². The number of nitrogens with zero attached hydrogens (tertiary/aromatic N) is 12. The van der Waals surface area contributed by atoms with Gasteiger partial charge in [0, 0.05) is 0 Å². The van der Waals surface area contributed by atoms with Crippen LogP contribution in [0, 0.1) is 142 Å². The van der Waals surface area contributed by atoms with Gasteiger partial charge in [-0.1, -0.05) is 0 Å². The Morgan fingerprint density at radius 3 is 0.255 bits per heavy atom. The Morgan fingerprint density at radius 1 is 0.191 bits per heavy atom. The molecule has 2 radical (unpaired) electrons. The molecule has 47 heavy (non-hydrogen) atoms. The van der Waals surface area contributed by atoms with Crippen LogP contribution in [-0.4, -0.2) is 79.3 Å². The Kier molecular flexibility index (Phi) is 826. The number of ether oxygens (including phenoxy) is 6. The molecule has 0 N–H and O–H groups in total. The molecular formula is C24H24Fe2N12O6Zn3. The first-order valence-corrected chi connectivity index (χ1v) is 9.15. The molecule has 3 aliphatic heterocycles. The van der Waals surface area contributed by atoms with Crippen LogP contribution in [0.4, 0.5) is 0 Å². The molecule has 3 saturated heterocycles. The van der Waals surface area contributed by atoms with Crippen molar-refractivity contribution in [1.29, 1.82) is 63.1 Å². The maximum Gasteiger partial charge on any atom is 3.00 e. The van der Waals surface area contributed by atoms with Crippen molar-refractivity contribution in [2.24, 2.45) is 0 Å². The third-order valence-corrected chi connectivity index (χ3v) is 2.23. The maximum atomic E-state index is 6.25. The first-order valence-electron chi connectivity index (χ1n) is 9.15. The Hall–Kier alpha value is -3.45. The second-order valence-corrected chi connectivity index (χ2v) is 3.67. The van der Waals surface area contributed by atoms with Gasteiger partial charge in [-0.25, -0.2) is 0 Å². The zero-order valence-corrected chi connectivity index (χ0v) is 36.2. The van der Waals surface area contributed by atoms with Gasteiger partial charge < -0.3 is 170 Å². The second kappa shape index (κ2) is 347. The minimum Gasteiger partial charge on any atom is -0.512 e. The molecule has 0 saturated carbocycles. The third kappa shape index (κ3) is 331. The van der Waals surface area contributed by atoms with Crippen LogP contribution in [0.3, 0.4) is 0 Å². The van der Waals surface area contributed by atoms with Gasteiger partial charge in [-0.15, -0.1) is 0 Å². The Morgan fingerprint density at radius 2 is 0.234 bits per heavy atom. The van der Waals surface area contributed by atoms with Gasteiger partial charge >= 0.3 is 92.6 Å².